The van der Waals surface area contributed by atoms with Crippen LogP contribution in [0.5, 0.6) is 0 Å². The minimum Gasteiger partial charge on any atom is -0.443 e. The number of piperidine rings is 1. The zero-order valence-corrected chi connectivity index (χ0v) is 17.8. The minimum atomic E-state index is -0.0812. The molecule has 1 aromatic carbocycles. The molecule has 4 rings (SSSR count). The average molecular weight is 393 g/mol. The molecule has 1 aliphatic rings. The molecular formula is C23H28N4O2. The van der Waals surface area contributed by atoms with Crippen molar-refractivity contribution in [2.45, 2.75) is 47.5 Å². The highest BCUT2D eigenvalue weighted by molar-refractivity contribution is 5.95. The molecular weight excluding hydrogens is 364 g/mol. The molecule has 0 radical (unpaired) electrons. The molecule has 6 heteroatoms. The molecule has 1 atom stereocenters. The van der Waals surface area contributed by atoms with Crippen molar-refractivity contribution in [2.75, 3.05) is 23.3 Å². The lowest BCUT2D eigenvalue weighted by Gasteiger charge is -2.33. The first-order valence-corrected chi connectivity index (χ1v) is 10.2. The van der Waals surface area contributed by atoms with Gasteiger partial charge in [-0.2, -0.15) is 4.98 Å². The number of nitrogens with zero attached hydrogens (tertiary/aromatic N) is 3. The van der Waals surface area contributed by atoms with E-state index in [1.807, 2.05) is 46.8 Å². The maximum absolute atomic E-state index is 13.0. The van der Waals surface area contributed by atoms with E-state index in [0.717, 1.165) is 58.7 Å². The van der Waals surface area contributed by atoms with E-state index in [1.54, 1.807) is 0 Å². The number of anilines is 2. The number of furan rings is 1. The van der Waals surface area contributed by atoms with Crippen molar-refractivity contribution in [3.8, 4) is 0 Å². The third-order valence-electron chi connectivity index (χ3n) is 5.86. The Balaban J connectivity index is 1.60. The molecule has 0 saturated carbocycles. The summed E-state index contributed by atoms with van der Waals surface area (Å²) in [5.41, 5.74) is 4.81. The highest BCUT2D eigenvalue weighted by Crippen LogP contribution is 2.33. The minimum absolute atomic E-state index is 0.0746. The van der Waals surface area contributed by atoms with Gasteiger partial charge in [-0.1, -0.05) is 12.1 Å². The lowest BCUT2D eigenvalue weighted by atomic mass is 9.96. The molecule has 1 aliphatic heterocycles. The monoisotopic (exact) mass is 392 g/mol. The second-order valence-electron chi connectivity index (χ2n) is 8.15. The third kappa shape index (κ3) is 3.71. The maximum atomic E-state index is 13.0. The highest BCUT2D eigenvalue weighted by Gasteiger charge is 2.29. The number of nitrogens with one attached hydrogen (secondary N) is 1. The molecule has 29 heavy (non-hydrogen) atoms. The highest BCUT2D eigenvalue weighted by atomic mass is 16.3. The number of fused-ring (bicyclic) bond motifs is 1. The van der Waals surface area contributed by atoms with E-state index >= 15 is 0 Å². The standard InChI is InChI=1S/C23H28N4O2/c1-13-8-9-14(2)19(11-13)26-22(28)18-7-6-10-27(12-18)21-20-15(3)16(4)29-23(20)25-17(5)24-21/h8-9,11,18H,6-7,10,12H2,1-5H3,(H,26,28)/t18-/m1/s1. The molecule has 152 valence electrons. The van der Waals surface area contributed by atoms with Crippen molar-refractivity contribution < 1.29 is 9.21 Å². The van der Waals surface area contributed by atoms with Crippen LogP contribution in [0.3, 0.4) is 0 Å². The van der Waals surface area contributed by atoms with Crippen molar-refractivity contribution in [3.05, 3.63) is 46.5 Å². The summed E-state index contributed by atoms with van der Waals surface area (Å²) >= 11 is 0. The smallest absolute Gasteiger partial charge is 0.231 e. The predicted molar refractivity (Wildman–Crippen MR) is 115 cm³/mol. The van der Waals surface area contributed by atoms with Crippen LogP contribution in [0.25, 0.3) is 11.1 Å². The van der Waals surface area contributed by atoms with Gasteiger partial charge in [-0.25, -0.2) is 4.98 Å². The lowest BCUT2D eigenvalue weighted by molar-refractivity contribution is -0.120. The van der Waals surface area contributed by atoms with E-state index in [4.69, 9.17) is 9.40 Å². The number of amides is 1. The zero-order valence-electron chi connectivity index (χ0n) is 17.8. The van der Waals surface area contributed by atoms with Crippen LogP contribution in [0.2, 0.25) is 0 Å². The Morgan fingerprint density at radius 2 is 1.97 bits per heavy atom. The van der Waals surface area contributed by atoms with Gasteiger partial charge < -0.3 is 14.6 Å². The first-order valence-electron chi connectivity index (χ1n) is 10.2. The van der Waals surface area contributed by atoms with Crippen LogP contribution in [0.1, 0.15) is 41.1 Å². The van der Waals surface area contributed by atoms with Gasteiger partial charge in [0.1, 0.15) is 17.4 Å². The summed E-state index contributed by atoms with van der Waals surface area (Å²) in [6.07, 6.45) is 1.83. The fourth-order valence-corrected chi connectivity index (χ4v) is 4.05. The summed E-state index contributed by atoms with van der Waals surface area (Å²) in [5, 5.41) is 4.10. The fourth-order valence-electron chi connectivity index (χ4n) is 4.05. The van der Waals surface area contributed by atoms with Gasteiger partial charge in [-0.15, -0.1) is 0 Å². The molecule has 1 saturated heterocycles. The molecule has 1 amide bonds. The van der Waals surface area contributed by atoms with Crippen molar-refractivity contribution in [1.29, 1.82) is 0 Å². The summed E-state index contributed by atoms with van der Waals surface area (Å²) in [4.78, 5) is 24.4. The summed E-state index contributed by atoms with van der Waals surface area (Å²) < 4.78 is 5.83. The normalized spacial score (nSPS) is 17.0. The van der Waals surface area contributed by atoms with Crippen molar-refractivity contribution >= 4 is 28.5 Å². The van der Waals surface area contributed by atoms with Gasteiger partial charge >= 0.3 is 0 Å². The Bertz CT molecular complexity index is 1090. The maximum Gasteiger partial charge on any atom is 0.231 e. The van der Waals surface area contributed by atoms with Gasteiger partial charge in [-0.05, 0) is 64.7 Å². The number of carbonyl (C=O) groups is 1. The van der Waals surface area contributed by atoms with Crippen LogP contribution >= 0.6 is 0 Å². The Labute approximate surface area is 171 Å². The summed E-state index contributed by atoms with van der Waals surface area (Å²) in [5.74, 6) is 2.42. The second kappa shape index (κ2) is 7.50. The fraction of sp³-hybridized carbons (Fsp3) is 0.435. The van der Waals surface area contributed by atoms with Crippen molar-refractivity contribution in [3.63, 3.8) is 0 Å². The van der Waals surface area contributed by atoms with Crippen molar-refractivity contribution in [1.82, 2.24) is 9.97 Å². The van der Waals surface area contributed by atoms with Crippen LogP contribution in [-0.4, -0.2) is 29.0 Å². The summed E-state index contributed by atoms with van der Waals surface area (Å²) in [6.45, 7) is 11.5. The topological polar surface area (TPSA) is 71.3 Å². The molecule has 0 spiro atoms. The molecule has 2 aromatic heterocycles. The third-order valence-corrected chi connectivity index (χ3v) is 5.86. The van der Waals surface area contributed by atoms with Crippen LogP contribution < -0.4 is 10.2 Å². The summed E-state index contributed by atoms with van der Waals surface area (Å²) in [7, 11) is 0. The molecule has 0 bridgehead atoms. The number of rotatable bonds is 3. The lowest BCUT2D eigenvalue weighted by Crippen LogP contribution is -2.41. The van der Waals surface area contributed by atoms with Gasteiger partial charge in [0.25, 0.3) is 0 Å². The van der Waals surface area contributed by atoms with E-state index in [0.29, 0.717) is 18.1 Å². The SMILES string of the molecule is Cc1ccc(C)c(NC(=O)[C@@H]2CCCN(c3nc(C)nc4oc(C)c(C)c34)C2)c1. The van der Waals surface area contributed by atoms with Crippen LogP contribution in [0, 0.1) is 40.5 Å². The number of aromatic nitrogens is 2. The molecule has 6 nitrogen and oxygen atoms in total. The van der Waals surface area contributed by atoms with Gasteiger partial charge in [0.15, 0.2) is 0 Å². The first-order chi connectivity index (χ1) is 13.8. The Kier molecular flexibility index (Phi) is 5.03. The molecule has 0 aliphatic carbocycles. The van der Waals surface area contributed by atoms with E-state index in [9.17, 15) is 4.79 Å². The molecule has 0 unspecified atom stereocenters. The Hall–Kier alpha value is -2.89. The average Bonchev–Trinajstić information content (AvgIpc) is 2.97. The zero-order chi connectivity index (χ0) is 20.7. The van der Waals surface area contributed by atoms with E-state index in [-0.39, 0.29) is 11.8 Å². The number of hydrogen-bond acceptors (Lipinski definition) is 5. The molecule has 1 fully saturated rings. The molecule has 1 N–H and O–H groups in total. The second-order valence-corrected chi connectivity index (χ2v) is 8.15. The number of benzene rings is 1. The molecule has 3 heterocycles. The molecule has 3 aromatic rings. The van der Waals surface area contributed by atoms with Crippen LogP contribution in [-0.2, 0) is 4.79 Å². The van der Waals surface area contributed by atoms with Gasteiger partial charge in [0.2, 0.25) is 11.6 Å². The van der Waals surface area contributed by atoms with Crippen molar-refractivity contribution in [2.24, 2.45) is 5.92 Å². The van der Waals surface area contributed by atoms with Gasteiger partial charge in [0, 0.05) is 24.3 Å². The Morgan fingerprint density at radius 1 is 1.17 bits per heavy atom. The Morgan fingerprint density at radius 3 is 2.76 bits per heavy atom. The van der Waals surface area contributed by atoms with E-state index in [1.165, 1.54) is 0 Å². The summed E-state index contributed by atoms with van der Waals surface area (Å²) in [6, 6.07) is 6.14. The van der Waals surface area contributed by atoms with E-state index < -0.39 is 0 Å². The van der Waals surface area contributed by atoms with Gasteiger partial charge in [0.05, 0.1) is 11.3 Å². The number of aryl methyl sites for hydroxylation is 5. The number of carbonyl (C=O) groups excluding carboxylic acids is 1. The van der Waals surface area contributed by atoms with Crippen LogP contribution in [0.15, 0.2) is 22.6 Å². The number of hydrogen-bond donors (Lipinski definition) is 1. The van der Waals surface area contributed by atoms with E-state index in [2.05, 4.69) is 21.3 Å². The van der Waals surface area contributed by atoms with Crippen LogP contribution in [0.4, 0.5) is 11.5 Å². The predicted octanol–water partition coefficient (Wildman–Crippen LogP) is 4.62. The quantitative estimate of drug-likeness (QED) is 0.704. The first kappa shape index (κ1) is 19.4. The largest absolute Gasteiger partial charge is 0.443 e. The van der Waals surface area contributed by atoms with Gasteiger partial charge in [-0.3, -0.25) is 4.79 Å².